The van der Waals surface area contributed by atoms with Gasteiger partial charge in [-0.15, -0.1) is 0 Å². The summed E-state index contributed by atoms with van der Waals surface area (Å²) in [5.41, 5.74) is 2.37. The summed E-state index contributed by atoms with van der Waals surface area (Å²) in [6, 6.07) is 6.93. The standard InChI is InChI=1S/C19H19ClN2O4S/c1-10-6-12(20)9-15-16(10)22(2)19(27-15)21-18(23)11-7-13(24-3)17(26-5)14(8-11)25-4/h6-9H,1-5H3. The zero-order valence-electron chi connectivity index (χ0n) is 15.6. The number of hydrogen-bond donors (Lipinski definition) is 0. The fraction of sp³-hybridized carbons (Fsp3) is 0.263. The Kier molecular flexibility index (Phi) is 5.43. The first-order valence-electron chi connectivity index (χ1n) is 8.04. The first kappa shape index (κ1) is 19.3. The highest BCUT2D eigenvalue weighted by Gasteiger charge is 2.17. The number of carbonyl (C=O) groups is 1. The molecule has 0 radical (unpaired) electrons. The summed E-state index contributed by atoms with van der Waals surface area (Å²) >= 11 is 7.55. The normalized spacial score (nSPS) is 11.7. The Hall–Kier alpha value is -2.51. The molecular formula is C19H19ClN2O4S. The van der Waals surface area contributed by atoms with Crippen molar-refractivity contribution in [2.75, 3.05) is 21.3 Å². The third kappa shape index (κ3) is 3.52. The number of aryl methyl sites for hydroxylation is 2. The summed E-state index contributed by atoms with van der Waals surface area (Å²) in [4.78, 5) is 17.6. The lowest BCUT2D eigenvalue weighted by molar-refractivity contribution is 0.0997. The van der Waals surface area contributed by atoms with Crippen molar-refractivity contribution in [3.8, 4) is 17.2 Å². The lowest BCUT2D eigenvalue weighted by atomic mass is 10.1. The van der Waals surface area contributed by atoms with Crippen LogP contribution in [0.5, 0.6) is 17.2 Å². The van der Waals surface area contributed by atoms with Crippen LogP contribution in [0.1, 0.15) is 15.9 Å². The second-order valence-electron chi connectivity index (χ2n) is 5.84. The van der Waals surface area contributed by atoms with Crippen LogP contribution in [-0.4, -0.2) is 31.8 Å². The summed E-state index contributed by atoms with van der Waals surface area (Å²) < 4.78 is 18.8. The summed E-state index contributed by atoms with van der Waals surface area (Å²) in [5, 5.41) is 0.657. The number of benzene rings is 2. The third-order valence-corrected chi connectivity index (χ3v) is 5.46. The van der Waals surface area contributed by atoms with E-state index in [1.165, 1.54) is 32.7 Å². The Bertz CT molecular complexity index is 1080. The second kappa shape index (κ2) is 7.62. The van der Waals surface area contributed by atoms with Crippen molar-refractivity contribution in [2.24, 2.45) is 12.0 Å². The zero-order chi connectivity index (χ0) is 19.7. The molecule has 0 N–H and O–H groups in total. The van der Waals surface area contributed by atoms with E-state index in [0.29, 0.717) is 32.6 Å². The molecule has 0 aliphatic carbocycles. The van der Waals surface area contributed by atoms with Gasteiger partial charge in [0.2, 0.25) is 5.75 Å². The minimum absolute atomic E-state index is 0.344. The van der Waals surface area contributed by atoms with Gasteiger partial charge in [-0.25, -0.2) is 0 Å². The Labute approximate surface area is 165 Å². The summed E-state index contributed by atoms with van der Waals surface area (Å²) in [5.74, 6) is 0.826. The van der Waals surface area contributed by atoms with Crippen molar-refractivity contribution in [2.45, 2.75) is 6.92 Å². The molecule has 6 nitrogen and oxygen atoms in total. The number of nitrogens with zero attached hydrogens (tertiary/aromatic N) is 2. The highest BCUT2D eigenvalue weighted by Crippen LogP contribution is 2.38. The van der Waals surface area contributed by atoms with Crippen molar-refractivity contribution in [3.05, 3.63) is 45.2 Å². The molecule has 0 saturated carbocycles. The molecule has 3 rings (SSSR count). The predicted octanol–water partition coefficient (Wildman–Crippen LogP) is 3.97. The molecule has 27 heavy (non-hydrogen) atoms. The second-order valence-corrected chi connectivity index (χ2v) is 7.29. The maximum atomic E-state index is 12.8. The van der Waals surface area contributed by atoms with Crippen LogP contribution in [0, 0.1) is 6.92 Å². The molecule has 0 atom stereocenters. The number of amides is 1. The molecule has 0 spiro atoms. The Morgan fingerprint density at radius 2 is 1.70 bits per heavy atom. The molecule has 2 aromatic carbocycles. The summed E-state index contributed by atoms with van der Waals surface area (Å²) in [6.45, 7) is 1.98. The maximum absolute atomic E-state index is 12.8. The Morgan fingerprint density at radius 1 is 1.07 bits per heavy atom. The molecule has 1 aromatic heterocycles. The fourth-order valence-corrected chi connectivity index (χ4v) is 4.40. The van der Waals surface area contributed by atoms with Crippen LogP contribution in [-0.2, 0) is 7.05 Å². The largest absolute Gasteiger partial charge is 0.493 e. The predicted molar refractivity (Wildman–Crippen MR) is 107 cm³/mol. The molecule has 3 aromatic rings. The van der Waals surface area contributed by atoms with Gasteiger partial charge in [-0.05, 0) is 36.8 Å². The average Bonchev–Trinajstić information content (AvgIpc) is 2.95. The van der Waals surface area contributed by atoms with Crippen LogP contribution in [0.25, 0.3) is 10.2 Å². The highest BCUT2D eigenvalue weighted by atomic mass is 35.5. The number of ether oxygens (including phenoxy) is 3. The van der Waals surface area contributed by atoms with E-state index in [1.54, 1.807) is 12.1 Å². The third-order valence-electron chi connectivity index (χ3n) is 4.16. The number of halogens is 1. The van der Waals surface area contributed by atoms with E-state index in [-0.39, 0.29) is 0 Å². The molecule has 8 heteroatoms. The van der Waals surface area contributed by atoms with Gasteiger partial charge in [0.1, 0.15) is 0 Å². The van der Waals surface area contributed by atoms with E-state index in [4.69, 9.17) is 25.8 Å². The van der Waals surface area contributed by atoms with Crippen molar-refractivity contribution in [1.29, 1.82) is 0 Å². The lowest BCUT2D eigenvalue weighted by Crippen LogP contribution is -2.14. The summed E-state index contributed by atoms with van der Waals surface area (Å²) in [7, 11) is 6.39. The zero-order valence-corrected chi connectivity index (χ0v) is 17.2. The highest BCUT2D eigenvalue weighted by molar-refractivity contribution is 7.16. The maximum Gasteiger partial charge on any atom is 0.279 e. The smallest absolute Gasteiger partial charge is 0.279 e. The van der Waals surface area contributed by atoms with Crippen molar-refractivity contribution >= 4 is 39.1 Å². The van der Waals surface area contributed by atoms with Crippen molar-refractivity contribution < 1.29 is 19.0 Å². The van der Waals surface area contributed by atoms with Gasteiger partial charge in [0.15, 0.2) is 16.3 Å². The topological polar surface area (TPSA) is 62.0 Å². The van der Waals surface area contributed by atoms with Crippen molar-refractivity contribution in [3.63, 3.8) is 0 Å². The number of thiazole rings is 1. The van der Waals surface area contributed by atoms with Crippen LogP contribution in [0.2, 0.25) is 5.02 Å². The molecule has 0 unspecified atom stereocenters. The Morgan fingerprint density at radius 3 is 2.26 bits per heavy atom. The minimum Gasteiger partial charge on any atom is -0.493 e. The van der Waals surface area contributed by atoms with E-state index in [9.17, 15) is 4.79 Å². The number of hydrogen-bond acceptors (Lipinski definition) is 5. The monoisotopic (exact) mass is 406 g/mol. The molecule has 0 aliphatic heterocycles. The van der Waals surface area contributed by atoms with Crippen LogP contribution in [0.15, 0.2) is 29.3 Å². The van der Waals surface area contributed by atoms with Gasteiger partial charge < -0.3 is 18.8 Å². The lowest BCUT2D eigenvalue weighted by Gasteiger charge is -2.12. The van der Waals surface area contributed by atoms with E-state index < -0.39 is 5.91 Å². The van der Waals surface area contributed by atoms with Crippen LogP contribution < -0.4 is 19.0 Å². The molecule has 1 amide bonds. The van der Waals surface area contributed by atoms with E-state index in [1.807, 2.05) is 30.7 Å². The van der Waals surface area contributed by atoms with Crippen LogP contribution >= 0.6 is 22.9 Å². The molecule has 1 heterocycles. The van der Waals surface area contributed by atoms with Gasteiger partial charge in [0.25, 0.3) is 5.91 Å². The molecular weight excluding hydrogens is 388 g/mol. The first-order chi connectivity index (χ1) is 12.9. The molecule has 0 fully saturated rings. The van der Waals surface area contributed by atoms with Crippen LogP contribution in [0.3, 0.4) is 0 Å². The molecule has 0 bridgehead atoms. The Balaban J connectivity index is 2.14. The van der Waals surface area contributed by atoms with Gasteiger partial charge in [-0.2, -0.15) is 4.99 Å². The van der Waals surface area contributed by atoms with Gasteiger partial charge in [-0.1, -0.05) is 22.9 Å². The average molecular weight is 407 g/mol. The van der Waals surface area contributed by atoms with Gasteiger partial charge in [0, 0.05) is 17.6 Å². The number of methoxy groups -OCH3 is 3. The molecule has 0 saturated heterocycles. The quantitative estimate of drug-likeness (QED) is 0.657. The van der Waals surface area contributed by atoms with E-state index >= 15 is 0 Å². The summed E-state index contributed by atoms with van der Waals surface area (Å²) in [6.07, 6.45) is 0. The van der Waals surface area contributed by atoms with E-state index in [0.717, 1.165) is 15.8 Å². The van der Waals surface area contributed by atoms with Crippen LogP contribution in [0.4, 0.5) is 0 Å². The van der Waals surface area contributed by atoms with Crippen molar-refractivity contribution in [1.82, 2.24) is 4.57 Å². The number of aromatic nitrogens is 1. The van der Waals surface area contributed by atoms with E-state index in [2.05, 4.69) is 4.99 Å². The fourth-order valence-electron chi connectivity index (χ4n) is 2.93. The molecule has 0 aliphatic rings. The number of carbonyl (C=O) groups excluding carboxylic acids is 1. The van der Waals surface area contributed by atoms with Gasteiger partial charge in [0.05, 0.1) is 31.5 Å². The number of fused-ring (bicyclic) bond motifs is 1. The SMILES string of the molecule is COc1cc(C(=O)N=c2sc3cc(Cl)cc(C)c3n2C)cc(OC)c1OC. The van der Waals surface area contributed by atoms with Gasteiger partial charge >= 0.3 is 0 Å². The molecule has 142 valence electrons. The number of rotatable bonds is 4. The minimum atomic E-state index is -0.403. The van der Waals surface area contributed by atoms with Gasteiger partial charge in [-0.3, -0.25) is 4.79 Å². The first-order valence-corrected chi connectivity index (χ1v) is 9.23.